The van der Waals surface area contributed by atoms with Crippen molar-refractivity contribution in [3.8, 4) is 11.5 Å². The summed E-state index contributed by atoms with van der Waals surface area (Å²) in [6, 6.07) is 16.2. The fourth-order valence-corrected chi connectivity index (χ4v) is 8.34. The van der Waals surface area contributed by atoms with Gasteiger partial charge in [-0.05, 0) is 66.8 Å². The number of imide groups is 4. The SMILES string of the molecule is COC(=O)N1C(=O)[C@H]2[C@H](CC=C3[C@H]2C[C@H]2C(=O)N(Nc4ccc(F)cc4)C(=O)[C@@]2(c2ccc(Cl)cc2)[C@H]3c2ccc(O)cc2OC)C1=O. The van der Waals surface area contributed by atoms with Crippen LogP contribution in [-0.2, 0) is 29.3 Å². The van der Waals surface area contributed by atoms with Crippen LogP contribution in [0.15, 0.2) is 78.4 Å². The van der Waals surface area contributed by atoms with Crippen LogP contribution in [0.2, 0.25) is 5.02 Å². The van der Waals surface area contributed by atoms with Gasteiger partial charge in [-0.3, -0.25) is 24.6 Å². The van der Waals surface area contributed by atoms with E-state index in [4.69, 9.17) is 21.1 Å². The number of anilines is 1. The fraction of sp³-hybridized carbons (Fsp3) is 0.286. The number of phenols is 1. The van der Waals surface area contributed by atoms with E-state index in [1.54, 1.807) is 30.3 Å². The van der Waals surface area contributed by atoms with E-state index in [-0.39, 0.29) is 30.0 Å². The molecule has 2 N–H and O–H groups in total. The molecule has 2 aliphatic carbocycles. The van der Waals surface area contributed by atoms with Crippen molar-refractivity contribution < 1.29 is 42.9 Å². The first kappa shape index (κ1) is 31.4. The Morgan fingerprint density at radius 3 is 2.33 bits per heavy atom. The van der Waals surface area contributed by atoms with Gasteiger partial charge in [0.2, 0.25) is 11.8 Å². The highest BCUT2D eigenvalue weighted by Crippen LogP contribution is 2.65. The monoisotopic (exact) mass is 673 g/mol. The van der Waals surface area contributed by atoms with Crippen LogP contribution in [0.4, 0.5) is 14.9 Å². The van der Waals surface area contributed by atoms with E-state index < -0.39 is 70.5 Å². The average molecular weight is 674 g/mol. The number of halogens is 2. The Morgan fingerprint density at radius 2 is 1.67 bits per heavy atom. The van der Waals surface area contributed by atoms with E-state index in [2.05, 4.69) is 5.43 Å². The summed E-state index contributed by atoms with van der Waals surface area (Å²) in [5.74, 6) is -7.70. The lowest BCUT2D eigenvalue weighted by Crippen LogP contribution is -2.53. The lowest BCUT2D eigenvalue weighted by atomic mass is 9.49. The minimum atomic E-state index is -1.64. The number of hydrogen-bond acceptors (Lipinski definition) is 9. The quantitative estimate of drug-likeness (QED) is 0.284. The molecule has 4 aliphatic rings. The Kier molecular flexibility index (Phi) is 7.50. The molecule has 11 nitrogen and oxygen atoms in total. The number of amides is 5. The predicted molar refractivity (Wildman–Crippen MR) is 168 cm³/mol. The molecule has 1 saturated carbocycles. The van der Waals surface area contributed by atoms with Gasteiger partial charge in [-0.1, -0.05) is 41.4 Å². The first-order valence-electron chi connectivity index (χ1n) is 15.2. The number of nitrogens with zero attached hydrogens (tertiary/aromatic N) is 2. The van der Waals surface area contributed by atoms with E-state index in [1.807, 2.05) is 6.08 Å². The first-order chi connectivity index (χ1) is 23.0. The van der Waals surface area contributed by atoms with E-state index in [0.29, 0.717) is 26.6 Å². The van der Waals surface area contributed by atoms with E-state index >= 15 is 4.79 Å². The minimum Gasteiger partial charge on any atom is -0.508 e. The number of allylic oxidation sites excluding steroid dienone is 2. The molecular formula is C35H29ClFN3O8. The number of carbonyl (C=O) groups is 5. The molecule has 3 fully saturated rings. The molecule has 3 aromatic rings. The number of fused-ring (bicyclic) bond motifs is 4. The van der Waals surface area contributed by atoms with Crippen molar-refractivity contribution in [1.82, 2.24) is 9.91 Å². The van der Waals surface area contributed by atoms with E-state index in [0.717, 1.165) is 12.1 Å². The smallest absolute Gasteiger partial charge is 0.423 e. The van der Waals surface area contributed by atoms with Gasteiger partial charge in [0, 0.05) is 22.6 Å². The number of carbonyl (C=O) groups excluding carboxylic acids is 5. The molecule has 0 unspecified atom stereocenters. The van der Waals surface area contributed by atoms with Gasteiger partial charge in [0.25, 0.3) is 11.8 Å². The second kappa shape index (κ2) is 11.5. The fourth-order valence-electron chi connectivity index (χ4n) is 8.21. The third-order valence-electron chi connectivity index (χ3n) is 10.1. The number of benzene rings is 3. The molecule has 13 heteroatoms. The molecule has 5 amide bonds. The summed E-state index contributed by atoms with van der Waals surface area (Å²) in [6.45, 7) is 0. The highest BCUT2D eigenvalue weighted by Gasteiger charge is 2.71. The van der Waals surface area contributed by atoms with E-state index in [9.17, 15) is 28.7 Å². The maximum atomic E-state index is 15.1. The summed E-state index contributed by atoms with van der Waals surface area (Å²) in [7, 11) is 2.49. The number of aromatic hydroxyl groups is 1. The standard InChI is InChI=1S/C35H29ClFN3O8/c1-47-27-15-21(41)11-12-23(27)29-22-13-14-24-28(32(44)39(30(24)42)34(46)48-2)25(22)16-26-31(43)40(38-20-9-7-19(37)8-10-20)33(45)35(26,29)17-3-5-18(36)6-4-17/h3-13,15,24-26,28-29,38,41H,14,16H2,1-2H3/t24-,25+,26-,28-,29+,35+/m0/s1. The van der Waals surface area contributed by atoms with Crippen molar-refractivity contribution in [1.29, 1.82) is 0 Å². The number of ether oxygens (including phenoxy) is 2. The third-order valence-corrected chi connectivity index (χ3v) is 10.4. The Balaban J connectivity index is 1.48. The molecule has 48 heavy (non-hydrogen) atoms. The van der Waals surface area contributed by atoms with Crippen molar-refractivity contribution >= 4 is 47.0 Å². The molecule has 6 atom stereocenters. The topological polar surface area (TPSA) is 143 Å². The molecule has 246 valence electrons. The molecular weight excluding hydrogens is 645 g/mol. The number of methoxy groups -OCH3 is 2. The average Bonchev–Trinajstić information content (AvgIpc) is 3.46. The Labute approximate surface area is 278 Å². The highest BCUT2D eigenvalue weighted by molar-refractivity contribution is 6.30. The number of likely N-dealkylation sites (tertiary alicyclic amines) is 1. The molecule has 0 spiro atoms. The lowest BCUT2D eigenvalue weighted by molar-refractivity contribution is -0.140. The zero-order valence-corrected chi connectivity index (χ0v) is 26.4. The molecule has 2 aliphatic heterocycles. The van der Waals surface area contributed by atoms with Crippen LogP contribution < -0.4 is 10.2 Å². The number of hydrogen-bond donors (Lipinski definition) is 2. The Morgan fingerprint density at radius 1 is 0.958 bits per heavy atom. The van der Waals surface area contributed by atoms with Crippen LogP contribution in [0.3, 0.4) is 0 Å². The van der Waals surface area contributed by atoms with Crippen LogP contribution in [-0.4, -0.2) is 59.0 Å². The van der Waals surface area contributed by atoms with Crippen molar-refractivity contribution in [3.63, 3.8) is 0 Å². The number of hydrazine groups is 1. The zero-order chi connectivity index (χ0) is 34.1. The van der Waals surface area contributed by atoms with Crippen LogP contribution in [0.5, 0.6) is 11.5 Å². The van der Waals surface area contributed by atoms with Gasteiger partial charge in [0.1, 0.15) is 17.3 Å². The zero-order valence-electron chi connectivity index (χ0n) is 25.7. The van der Waals surface area contributed by atoms with Gasteiger partial charge in [0.05, 0.1) is 43.1 Å². The Bertz CT molecular complexity index is 1920. The number of phenolic OH excluding ortho intramolecular Hbond substituents is 1. The lowest BCUT2D eigenvalue weighted by Gasteiger charge is -2.50. The molecule has 3 aromatic carbocycles. The van der Waals surface area contributed by atoms with Gasteiger partial charge in [-0.25, -0.2) is 9.18 Å². The van der Waals surface area contributed by atoms with Crippen LogP contribution >= 0.6 is 11.6 Å². The maximum Gasteiger partial charge on any atom is 0.423 e. The predicted octanol–water partition coefficient (Wildman–Crippen LogP) is 4.94. The van der Waals surface area contributed by atoms with E-state index in [1.165, 1.54) is 43.5 Å². The van der Waals surface area contributed by atoms with Crippen LogP contribution in [0.1, 0.15) is 29.9 Å². The minimum absolute atomic E-state index is 0.0211. The van der Waals surface area contributed by atoms with Crippen molar-refractivity contribution in [3.05, 3.63) is 100 Å². The highest BCUT2D eigenvalue weighted by atomic mass is 35.5. The summed E-state index contributed by atoms with van der Waals surface area (Å²) in [5.41, 5.74) is 3.05. The van der Waals surface area contributed by atoms with Crippen LogP contribution in [0, 0.1) is 29.5 Å². The number of rotatable bonds is 5. The molecule has 0 radical (unpaired) electrons. The normalized spacial score (nSPS) is 27.7. The second-order valence-corrected chi connectivity index (χ2v) is 12.7. The maximum absolute atomic E-state index is 15.1. The Hall–Kier alpha value is -5.23. The van der Waals surface area contributed by atoms with Gasteiger partial charge in [-0.2, -0.15) is 9.91 Å². The largest absolute Gasteiger partial charge is 0.508 e. The van der Waals surface area contributed by atoms with Gasteiger partial charge in [-0.15, -0.1) is 0 Å². The molecule has 2 saturated heterocycles. The van der Waals surface area contributed by atoms with Crippen molar-refractivity contribution in [2.45, 2.75) is 24.2 Å². The molecule has 7 rings (SSSR count). The second-order valence-electron chi connectivity index (χ2n) is 12.3. The number of nitrogens with one attached hydrogen (secondary N) is 1. The summed E-state index contributed by atoms with van der Waals surface area (Å²) in [5, 5.41) is 11.7. The van der Waals surface area contributed by atoms with Gasteiger partial charge in [0.15, 0.2) is 0 Å². The van der Waals surface area contributed by atoms with Crippen LogP contribution in [0.25, 0.3) is 0 Å². The van der Waals surface area contributed by atoms with Crippen molar-refractivity contribution in [2.75, 3.05) is 19.6 Å². The summed E-state index contributed by atoms with van der Waals surface area (Å²) >= 11 is 6.30. The summed E-state index contributed by atoms with van der Waals surface area (Å²) in [4.78, 5) is 70.1. The van der Waals surface area contributed by atoms with Gasteiger partial charge >= 0.3 is 6.09 Å². The molecule has 0 bridgehead atoms. The van der Waals surface area contributed by atoms with Crippen molar-refractivity contribution in [2.24, 2.45) is 23.7 Å². The van der Waals surface area contributed by atoms with Gasteiger partial charge < -0.3 is 14.6 Å². The summed E-state index contributed by atoms with van der Waals surface area (Å²) < 4.78 is 24.3. The summed E-state index contributed by atoms with van der Waals surface area (Å²) in [6.07, 6.45) is 0.793. The first-order valence-corrected chi connectivity index (χ1v) is 15.6. The molecule has 0 aromatic heterocycles. The third kappa shape index (κ3) is 4.42. The molecule has 2 heterocycles.